The molecule has 0 radical (unpaired) electrons. The van der Waals surface area contributed by atoms with Crippen LogP contribution in [-0.4, -0.2) is 24.7 Å². The number of rotatable bonds is 5. The second kappa shape index (κ2) is 7.04. The molecule has 24 heavy (non-hydrogen) atoms. The Morgan fingerprint density at radius 2 is 1.79 bits per heavy atom. The normalized spacial score (nSPS) is 10.5. The van der Waals surface area contributed by atoms with Gasteiger partial charge in [-0.15, -0.1) is 0 Å². The van der Waals surface area contributed by atoms with Crippen molar-refractivity contribution in [1.29, 1.82) is 0 Å². The zero-order chi connectivity index (χ0) is 16.9. The molecule has 3 aromatic carbocycles. The third kappa shape index (κ3) is 3.33. The Hall–Kier alpha value is -3.01. The van der Waals surface area contributed by atoms with Crippen LogP contribution < -0.4 is 10.1 Å². The van der Waals surface area contributed by atoms with Crippen molar-refractivity contribution in [3.05, 3.63) is 71.8 Å². The van der Waals surface area contributed by atoms with Gasteiger partial charge < -0.3 is 15.2 Å². The number of aromatic hydroxyl groups is 1. The van der Waals surface area contributed by atoms with Crippen molar-refractivity contribution in [3.8, 4) is 11.5 Å². The van der Waals surface area contributed by atoms with Crippen molar-refractivity contribution in [2.45, 2.75) is 6.42 Å². The lowest BCUT2D eigenvalue weighted by atomic mass is 10.0. The van der Waals surface area contributed by atoms with Crippen LogP contribution in [0.15, 0.2) is 60.7 Å². The third-order valence-electron chi connectivity index (χ3n) is 4.00. The average Bonchev–Trinajstić information content (AvgIpc) is 2.62. The van der Waals surface area contributed by atoms with Gasteiger partial charge in [-0.05, 0) is 35.6 Å². The number of carbonyl (C=O) groups is 1. The molecule has 122 valence electrons. The molecule has 4 heteroatoms. The number of phenolic OH excluding ortho intramolecular Hbond substituents is 1. The van der Waals surface area contributed by atoms with Gasteiger partial charge in [0.05, 0.1) is 12.7 Å². The van der Waals surface area contributed by atoms with Crippen LogP contribution in [-0.2, 0) is 6.42 Å². The number of hydrogen-bond donors (Lipinski definition) is 2. The number of nitrogens with one attached hydrogen (secondary N) is 1. The molecule has 0 saturated carbocycles. The lowest BCUT2D eigenvalue weighted by Crippen LogP contribution is -2.25. The van der Waals surface area contributed by atoms with E-state index in [0.29, 0.717) is 23.9 Å². The predicted molar refractivity (Wildman–Crippen MR) is 94.6 cm³/mol. The smallest absolute Gasteiger partial charge is 0.255 e. The summed E-state index contributed by atoms with van der Waals surface area (Å²) in [6, 6.07) is 18.7. The number of ether oxygens (including phenoxy) is 1. The maximum atomic E-state index is 12.3. The fraction of sp³-hybridized carbons (Fsp3) is 0.150. The van der Waals surface area contributed by atoms with E-state index >= 15 is 0 Å². The largest absolute Gasteiger partial charge is 0.506 e. The minimum Gasteiger partial charge on any atom is -0.506 e. The first-order chi connectivity index (χ1) is 11.7. The molecule has 4 nitrogen and oxygen atoms in total. The first-order valence-corrected chi connectivity index (χ1v) is 7.81. The second-order valence-electron chi connectivity index (χ2n) is 5.54. The molecule has 0 aliphatic heterocycles. The monoisotopic (exact) mass is 321 g/mol. The van der Waals surface area contributed by atoms with Crippen molar-refractivity contribution in [2.75, 3.05) is 13.7 Å². The molecule has 0 aliphatic rings. The molecule has 0 bridgehead atoms. The zero-order valence-electron chi connectivity index (χ0n) is 13.5. The molecule has 0 atom stereocenters. The third-order valence-corrected chi connectivity index (χ3v) is 4.00. The van der Waals surface area contributed by atoms with Gasteiger partial charge in [-0.3, -0.25) is 4.79 Å². The zero-order valence-corrected chi connectivity index (χ0v) is 13.5. The van der Waals surface area contributed by atoms with Gasteiger partial charge in [-0.2, -0.15) is 0 Å². The van der Waals surface area contributed by atoms with Gasteiger partial charge in [0.25, 0.3) is 5.91 Å². The van der Waals surface area contributed by atoms with Crippen LogP contribution in [0.3, 0.4) is 0 Å². The van der Waals surface area contributed by atoms with E-state index in [2.05, 4.69) is 5.32 Å². The first-order valence-electron chi connectivity index (χ1n) is 7.81. The van der Waals surface area contributed by atoms with E-state index in [0.717, 1.165) is 16.7 Å². The molecule has 3 aromatic rings. The minimum atomic E-state index is -0.272. The number of methoxy groups -OCH3 is 1. The Kier molecular flexibility index (Phi) is 4.66. The maximum Gasteiger partial charge on any atom is 0.255 e. The topological polar surface area (TPSA) is 58.6 Å². The van der Waals surface area contributed by atoms with Crippen LogP contribution in [0.25, 0.3) is 10.8 Å². The Bertz CT molecular complexity index is 856. The molecule has 0 spiro atoms. The quantitative estimate of drug-likeness (QED) is 0.756. The van der Waals surface area contributed by atoms with E-state index < -0.39 is 0 Å². The van der Waals surface area contributed by atoms with E-state index in [1.165, 1.54) is 0 Å². The average molecular weight is 321 g/mol. The van der Waals surface area contributed by atoms with Crippen LogP contribution >= 0.6 is 0 Å². The molecule has 2 N–H and O–H groups in total. The Morgan fingerprint density at radius 3 is 2.54 bits per heavy atom. The van der Waals surface area contributed by atoms with Crippen LogP contribution in [0.2, 0.25) is 0 Å². The fourth-order valence-electron chi connectivity index (χ4n) is 2.65. The summed E-state index contributed by atoms with van der Waals surface area (Å²) in [7, 11) is 1.63. The number of carbonyl (C=O) groups excluding carboxylic acids is 1. The lowest BCUT2D eigenvalue weighted by molar-refractivity contribution is 0.0951. The molecular formula is C20H19NO3. The Labute approximate surface area is 140 Å². The number of amides is 1. The van der Waals surface area contributed by atoms with E-state index in [4.69, 9.17) is 4.74 Å². The molecular weight excluding hydrogens is 302 g/mol. The Balaban J connectivity index is 1.65. The summed E-state index contributed by atoms with van der Waals surface area (Å²) in [6.07, 6.45) is 0.712. The van der Waals surface area contributed by atoms with E-state index in [-0.39, 0.29) is 11.7 Å². The van der Waals surface area contributed by atoms with Crippen molar-refractivity contribution in [1.82, 2.24) is 5.32 Å². The highest BCUT2D eigenvalue weighted by Crippen LogP contribution is 2.28. The van der Waals surface area contributed by atoms with Crippen LogP contribution in [0, 0.1) is 0 Å². The highest BCUT2D eigenvalue weighted by atomic mass is 16.5. The Morgan fingerprint density at radius 1 is 1.04 bits per heavy atom. The highest BCUT2D eigenvalue weighted by molar-refractivity contribution is 6.03. The fourth-order valence-corrected chi connectivity index (χ4v) is 2.65. The molecule has 0 aliphatic carbocycles. The standard InChI is InChI=1S/C20H19NO3/c1-24-16-9-6-14(7-10-16)12-13-21-20(23)18-11-8-15-4-2-3-5-17(15)19(18)22/h2-11,22H,12-13H2,1H3,(H,21,23). The van der Waals surface area contributed by atoms with Crippen LogP contribution in [0.1, 0.15) is 15.9 Å². The van der Waals surface area contributed by atoms with Crippen LogP contribution in [0.5, 0.6) is 11.5 Å². The first kappa shape index (κ1) is 15.9. The van der Waals surface area contributed by atoms with Gasteiger partial charge in [-0.25, -0.2) is 0 Å². The van der Waals surface area contributed by atoms with Crippen molar-refractivity contribution >= 4 is 16.7 Å². The number of benzene rings is 3. The number of phenols is 1. The molecule has 0 fully saturated rings. The van der Waals surface area contributed by atoms with Gasteiger partial charge in [0.1, 0.15) is 11.5 Å². The molecule has 3 rings (SSSR count). The van der Waals surface area contributed by atoms with E-state index in [9.17, 15) is 9.90 Å². The summed E-state index contributed by atoms with van der Waals surface area (Å²) in [5, 5.41) is 14.8. The predicted octanol–water partition coefficient (Wildman–Crippen LogP) is 3.53. The lowest BCUT2D eigenvalue weighted by Gasteiger charge is -2.09. The van der Waals surface area contributed by atoms with E-state index in [1.54, 1.807) is 19.2 Å². The van der Waals surface area contributed by atoms with E-state index in [1.807, 2.05) is 48.5 Å². The molecule has 0 unspecified atom stereocenters. The van der Waals surface area contributed by atoms with Gasteiger partial charge in [0, 0.05) is 11.9 Å². The van der Waals surface area contributed by atoms with Gasteiger partial charge >= 0.3 is 0 Å². The van der Waals surface area contributed by atoms with Crippen molar-refractivity contribution < 1.29 is 14.6 Å². The highest BCUT2D eigenvalue weighted by Gasteiger charge is 2.13. The van der Waals surface area contributed by atoms with Crippen molar-refractivity contribution in [3.63, 3.8) is 0 Å². The number of hydrogen-bond acceptors (Lipinski definition) is 3. The molecule has 0 saturated heterocycles. The summed E-state index contributed by atoms with van der Waals surface area (Å²) in [4.78, 5) is 12.3. The molecule has 1 amide bonds. The molecule has 0 aromatic heterocycles. The van der Waals surface area contributed by atoms with Gasteiger partial charge in [0.2, 0.25) is 0 Å². The van der Waals surface area contributed by atoms with Crippen molar-refractivity contribution in [2.24, 2.45) is 0 Å². The number of fused-ring (bicyclic) bond motifs is 1. The maximum absolute atomic E-state index is 12.3. The van der Waals surface area contributed by atoms with Gasteiger partial charge in [0.15, 0.2) is 0 Å². The van der Waals surface area contributed by atoms with Gasteiger partial charge in [-0.1, -0.05) is 42.5 Å². The summed E-state index contributed by atoms with van der Waals surface area (Å²) in [6.45, 7) is 0.497. The summed E-state index contributed by atoms with van der Waals surface area (Å²) >= 11 is 0. The second-order valence-corrected chi connectivity index (χ2v) is 5.54. The van der Waals surface area contributed by atoms with Crippen LogP contribution in [0.4, 0.5) is 0 Å². The summed E-state index contributed by atoms with van der Waals surface area (Å²) < 4.78 is 5.12. The molecule has 0 heterocycles. The summed E-state index contributed by atoms with van der Waals surface area (Å²) in [5.74, 6) is 0.561. The summed E-state index contributed by atoms with van der Waals surface area (Å²) in [5.41, 5.74) is 1.40. The SMILES string of the molecule is COc1ccc(CCNC(=O)c2ccc3ccccc3c2O)cc1. The minimum absolute atomic E-state index is 0.0232.